The monoisotopic (exact) mass is 293 g/mol. The van der Waals surface area contributed by atoms with Gasteiger partial charge in [-0.05, 0) is 41.6 Å². The maximum Gasteiger partial charge on any atom is 0.127 e. The Balaban J connectivity index is 1.93. The molecule has 0 saturated heterocycles. The molecule has 20 heavy (non-hydrogen) atoms. The van der Waals surface area contributed by atoms with Crippen LogP contribution in [0.25, 0.3) is 0 Å². The summed E-state index contributed by atoms with van der Waals surface area (Å²) in [5, 5.41) is 5.31. The van der Waals surface area contributed by atoms with Crippen molar-refractivity contribution in [2.45, 2.75) is 27.0 Å². The third kappa shape index (κ3) is 4.94. The second-order valence-corrected chi connectivity index (χ2v) is 6.22. The van der Waals surface area contributed by atoms with Gasteiger partial charge in [0.2, 0.25) is 0 Å². The lowest BCUT2D eigenvalue weighted by Gasteiger charge is -2.10. The molecule has 0 bridgehead atoms. The second-order valence-electron chi connectivity index (χ2n) is 5.19. The van der Waals surface area contributed by atoms with Gasteiger partial charge in [0.1, 0.15) is 18.2 Å². The molecule has 0 spiro atoms. The Morgan fingerprint density at radius 2 is 2.15 bits per heavy atom. The van der Waals surface area contributed by atoms with Gasteiger partial charge < -0.3 is 10.1 Å². The first-order valence-corrected chi connectivity index (χ1v) is 7.67. The molecule has 2 rings (SSSR count). The maximum absolute atomic E-state index is 13.6. The molecular formula is C16H20FNOS. The quantitative estimate of drug-likeness (QED) is 0.825. The third-order valence-corrected chi connectivity index (χ3v) is 3.62. The predicted molar refractivity (Wildman–Crippen MR) is 81.6 cm³/mol. The highest BCUT2D eigenvalue weighted by Crippen LogP contribution is 2.19. The molecule has 2 nitrogen and oxygen atoms in total. The van der Waals surface area contributed by atoms with Crippen LogP contribution >= 0.6 is 11.3 Å². The summed E-state index contributed by atoms with van der Waals surface area (Å²) in [6.45, 7) is 6.36. The van der Waals surface area contributed by atoms with Crippen molar-refractivity contribution in [3.8, 4) is 5.75 Å². The molecule has 0 amide bonds. The number of rotatable bonds is 7. The van der Waals surface area contributed by atoms with Crippen molar-refractivity contribution < 1.29 is 9.13 Å². The van der Waals surface area contributed by atoms with E-state index in [2.05, 4.69) is 19.2 Å². The van der Waals surface area contributed by atoms with Crippen molar-refractivity contribution >= 4 is 11.3 Å². The Morgan fingerprint density at radius 3 is 2.85 bits per heavy atom. The summed E-state index contributed by atoms with van der Waals surface area (Å²) in [6, 6.07) is 8.86. The van der Waals surface area contributed by atoms with Crippen molar-refractivity contribution in [1.29, 1.82) is 0 Å². The minimum atomic E-state index is -0.255. The van der Waals surface area contributed by atoms with Gasteiger partial charge in [-0.1, -0.05) is 19.9 Å². The van der Waals surface area contributed by atoms with E-state index in [1.54, 1.807) is 17.4 Å². The minimum absolute atomic E-state index is 0.255. The van der Waals surface area contributed by atoms with E-state index in [-0.39, 0.29) is 5.82 Å². The summed E-state index contributed by atoms with van der Waals surface area (Å²) in [4.78, 5) is 1.13. The van der Waals surface area contributed by atoms with Gasteiger partial charge in [-0.3, -0.25) is 0 Å². The average Bonchev–Trinajstić information content (AvgIpc) is 2.88. The summed E-state index contributed by atoms with van der Waals surface area (Å²) in [5.74, 6) is 0.910. The fourth-order valence-corrected chi connectivity index (χ4v) is 2.48. The number of benzene rings is 1. The minimum Gasteiger partial charge on any atom is -0.488 e. The lowest BCUT2D eigenvalue weighted by molar-refractivity contribution is 0.307. The van der Waals surface area contributed by atoms with Gasteiger partial charge in [0.05, 0.1) is 0 Å². The van der Waals surface area contributed by atoms with Crippen LogP contribution in [-0.2, 0) is 13.2 Å². The molecule has 1 aromatic heterocycles. The summed E-state index contributed by atoms with van der Waals surface area (Å²) >= 11 is 1.64. The predicted octanol–water partition coefficient (Wildman–Crippen LogP) is 4.21. The first kappa shape index (κ1) is 15.0. The van der Waals surface area contributed by atoms with Crippen molar-refractivity contribution in [3.05, 3.63) is 52.0 Å². The molecule has 0 unspecified atom stereocenters. The molecule has 0 aliphatic heterocycles. The largest absolute Gasteiger partial charge is 0.488 e. The van der Waals surface area contributed by atoms with Gasteiger partial charge in [-0.25, -0.2) is 4.39 Å². The van der Waals surface area contributed by atoms with E-state index in [4.69, 9.17) is 4.74 Å². The van der Waals surface area contributed by atoms with Crippen LogP contribution in [-0.4, -0.2) is 6.54 Å². The zero-order chi connectivity index (χ0) is 14.4. The van der Waals surface area contributed by atoms with E-state index in [0.29, 0.717) is 24.8 Å². The molecule has 4 heteroatoms. The van der Waals surface area contributed by atoms with Gasteiger partial charge >= 0.3 is 0 Å². The molecule has 1 heterocycles. The third-order valence-electron chi connectivity index (χ3n) is 2.77. The first-order valence-electron chi connectivity index (χ1n) is 6.79. The Labute approximate surface area is 123 Å². The van der Waals surface area contributed by atoms with E-state index in [0.717, 1.165) is 17.0 Å². The summed E-state index contributed by atoms with van der Waals surface area (Å²) in [5.41, 5.74) is 0.909. The Morgan fingerprint density at radius 1 is 1.30 bits per heavy atom. The Bertz CT molecular complexity index is 525. The van der Waals surface area contributed by atoms with Crippen LogP contribution in [0.15, 0.2) is 35.7 Å². The maximum atomic E-state index is 13.6. The van der Waals surface area contributed by atoms with Crippen molar-refractivity contribution in [2.24, 2.45) is 5.92 Å². The Kier molecular flexibility index (Phi) is 5.56. The van der Waals surface area contributed by atoms with E-state index in [9.17, 15) is 4.39 Å². The normalized spacial score (nSPS) is 11.0. The molecule has 0 fully saturated rings. The van der Waals surface area contributed by atoms with Crippen LogP contribution in [0.2, 0.25) is 0 Å². The lowest BCUT2D eigenvalue weighted by atomic mass is 10.2. The van der Waals surface area contributed by atoms with Gasteiger partial charge in [0.25, 0.3) is 0 Å². The van der Waals surface area contributed by atoms with Crippen LogP contribution < -0.4 is 10.1 Å². The summed E-state index contributed by atoms with van der Waals surface area (Å²) in [6.07, 6.45) is 0. The van der Waals surface area contributed by atoms with Gasteiger partial charge in [-0.15, -0.1) is 11.3 Å². The van der Waals surface area contributed by atoms with E-state index < -0.39 is 0 Å². The number of nitrogens with one attached hydrogen (secondary N) is 1. The molecule has 2 aromatic rings. The van der Waals surface area contributed by atoms with Crippen molar-refractivity contribution in [3.63, 3.8) is 0 Å². The highest BCUT2D eigenvalue weighted by Gasteiger charge is 2.03. The second kappa shape index (κ2) is 7.41. The standard InChI is InChI=1S/C16H20FNOS/c1-12(2)9-18-10-13-6-14(17)8-15(7-13)19-11-16-4-3-5-20-16/h3-8,12,18H,9-11H2,1-2H3. The van der Waals surface area contributed by atoms with Gasteiger partial charge in [0, 0.05) is 17.5 Å². The molecule has 1 N–H and O–H groups in total. The lowest BCUT2D eigenvalue weighted by Crippen LogP contribution is -2.19. The van der Waals surface area contributed by atoms with Crippen LogP contribution in [0, 0.1) is 11.7 Å². The fourth-order valence-electron chi connectivity index (χ4n) is 1.86. The number of hydrogen-bond acceptors (Lipinski definition) is 3. The van der Waals surface area contributed by atoms with Crippen molar-refractivity contribution in [2.75, 3.05) is 6.54 Å². The van der Waals surface area contributed by atoms with E-state index >= 15 is 0 Å². The topological polar surface area (TPSA) is 21.3 Å². The molecule has 0 saturated carbocycles. The summed E-state index contributed by atoms with van der Waals surface area (Å²) in [7, 11) is 0. The number of thiophene rings is 1. The molecule has 0 radical (unpaired) electrons. The highest BCUT2D eigenvalue weighted by atomic mass is 32.1. The van der Waals surface area contributed by atoms with Crippen LogP contribution in [0.1, 0.15) is 24.3 Å². The molecule has 1 aromatic carbocycles. The highest BCUT2D eigenvalue weighted by molar-refractivity contribution is 7.09. The van der Waals surface area contributed by atoms with Crippen LogP contribution in [0.3, 0.4) is 0 Å². The fraction of sp³-hybridized carbons (Fsp3) is 0.375. The smallest absolute Gasteiger partial charge is 0.127 e. The SMILES string of the molecule is CC(C)CNCc1cc(F)cc(OCc2cccs2)c1. The molecular weight excluding hydrogens is 273 g/mol. The Hall–Kier alpha value is -1.39. The number of hydrogen-bond donors (Lipinski definition) is 1. The van der Waals surface area contributed by atoms with Crippen molar-refractivity contribution in [1.82, 2.24) is 5.32 Å². The molecule has 0 aliphatic carbocycles. The average molecular weight is 293 g/mol. The van der Waals surface area contributed by atoms with Gasteiger partial charge in [0.15, 0.2) is 0 Å². The number of halogens is 1. The first-order chi connectivity index (χ1) is 9.63. The molecule has 0 aliphatic rings. The van der Waals surface area contributed by atoms with Crippen LogP contribution in [0.4, 0.5) is 4.39 Å². The zero-order valence-electron chi connectivity index (χ0n) is 11.9. The zero-order valence-corrected chi connectivity index (χ0v) is 12.7. The van der Waals surface area contributed by atoms with E-state index in [1.807, 2.05) is 23.6 Å². The number of ether oxygens (including phenoxy) is 1. The molecule has 108 valence electrons. The van der Waals surface area contributed by atoms with Gasteiger partial charge in [-0.2, -0.15) is 0 Å². The molecule has 0 atom stereocenters. The summed E-state index contributed by atoms with van der Waals surface area (Å²) < 4.78 is 19.2. The van der Waals surface area contributed by atoms with E-state index in [1.165, 1.54) is 6.07 Å². The van der Waals surface area contributed by atoms with Crippen LogP contribution in [0.5, 0.6) is 5.75 Å².